The van der Waals surface area contributed by atoms with Crippen LogP contribution in [0.1, 0.15) is 68.6 Å². The quantitative estimate of drug-likeness (QED) is 0.668. The molecule has 1 aromatic rings. The molecule has 1 aromatic carbocycles. The number of piperidine rings is 1. The van der Waals surface area contributed by atoms with E-state index in [0.717, 1.165) is 63.4 Å². The summed E-state index contributed by atoms with van der Waals surface area (Å²) in [6, 6.07) is 8.87. The lowest BCUT2D eigenvalue weighted by atomic mass is 10.0. The topological polar surface area (TPSA) is 67.9 Å². The van der Waals surface area contributed by atoms with E-state index in [1.807, 2.05) is 25.1 Å². The first-order valence-electron chi connectivity index (χ1n) is 13.1. The van der Waals surface area contributed by atoms with E-state index in [1.54, 1.807) is 0 Å². The van der Waals surface area contributed by atoms with Crippen molar-refractivity contribution in [2.75, 3.05) is 50.7 Å². The lowest BCUT2D eigenvalue weighted by molar-refractivity contribution is 0.0552. The number of nitrogens with zero attached hydrogens (tertiary/aromatic N) is 3. The number of carbonyl (C=O) groups is 2. The molecule has 1 aliphatic carbocycles. The molecule has 3 amide bonds. The zero-order chi connectivity index (χ0) is 23.0. The summed E-state index contributed by atoms with van der Waals surface area (Å²) in [5.41, 5.74) is 1.85. The van der Waals surface area contributed by atoms with Crippen molar-refractivity contribution in [3.8, 4) is 0 Å². The average Bonchev–Trinajstić information content (AvgIpc) is 3.14. The summed E-state index contributed by atoms with van der Waals surface area (Å²) in [6.45, 7) is 7.88. The monoisotopic (exact) mass is 455 g/mol. The Labute approximate surface area is 198 Å². The van der Waals surface area contributed by atoms with Gasteiger partial charge in [-0.2, -0.15) is 0 Å². The molecule has 0 atom stereocenters. The molecule has 2 aliphatic heterocycles. The minimum Gasteiger partial charge on any atom is -0.371 e. The Hall–Kier alpha value is -2.28. The molecule has 7 heteroatoms. The van der Waals surface area contributed by atoms with Gasteiger partial charge in [-0.15, -0.1) is 0 Å². The van der Waals surface area contributed by atoms with Gasteiger partial charge in [-0.3, -0.25) is 9.69 Å². The highest BCUT2D eigenvalue weighted by atomic mass is 16.2. The molecule has 7 nitrogen and oxygen atoms in total. The normalized spacial score (nSPS) is 21.5. The molecule has 182 valence electrons. The third kappa shape index (κ3) is 6.19. The van der Waals surface area contributed by atoms with Crippen molar-refractivity contribution in [3.05, 3.63) is 29.8 Å². The Morgan fingerprint density at radius 3 is 2.21 bits per heavy atom. The fraction of sp³-hybridized carbons (Fsp3) is 0.692. The molecule has 0 unspecified atom stereocenters. The van der Waals surface area contributed by atoms with Gasteiger partial charge in [-0.05, 0) is 44.7 Å². The minimum atomic E-state index is -0.0884. The highest BCUT2D eigenvalue weighted by Crippen LogP contribution is 2.27. The zero-order valence-corrected chi connectivity index (χ0v) is 20.2. The molecule has 2 saturated heterocycles. The number of hydrogen-bond donors (Lipinski definition) is 2. The Bertz CT molecular complexity index is 777. The molecule has 3 fully saturated rings. The average molecular weight is 456 g/mol. The van der Waals surface area contributed by atoms with Crippen molar-refractivity contribution in [1.29, 1.82) is 0 Å². The summed E-state index contributed by atoms with van der Waals surface area (Å²) in [6.07, 6.45) is 9.89. The fourth-order valence-electron chi connectivity index (χ4n) is 5.68. The summed E-state index contributed by atoms with van der Waals surface area (Å²) < 4.78 is 0. The van der Waals surface area contributed by atoms with Crippen molar-refractivity contribution < 1.29 is 9.59 Å². The van der Waals surface area contributed by atoms with Gasteiger partial charge in [0.2, 0.25) is 0 Å². The fourth-order valence-corrected chi connectivity index (χ4v) is 5.68. The smallest absolute Gasteiger partial charge is 0.314 e. The molecule has 2 N–H and O–H groups in total. The molecule has 2 heterocycles. The van der Waals surface area contributed by atoms with E-state index in [1.165, 1.54) is 38.5 Å². The van der Waals surface area contributed by atoms with Gasteiger partial charge in [0.15, 0.2) is 0 Å². The minimum absolute atomic E-state index is 0.0884. The molecule has 0 bridgehead atoms. The van der Waals surface area contributed by atoms with E-state index in [0.29, 0.717) is 12.6 Å². The van der Waals surface area contributed by atoms with Gasteiger partial charge >= 0.3 is 6.03 Å². The van der Waals surface area contributed by atoms with Crippen molar-refractivity contribution >= 4 is 17.6 Å². The number of benzene rings is 1. The number of carbonyl (C=O) groups excluding carboxylic acids is 2. The van der Waals surface area contributed by atoms with E-state index in [9.17, 15) is 9.59 Å². The van der Waals surface area contributed by atoms with Crippen molar-refractivity contribution in [1.82, 2.24) is 20.4 Å². The Kier molecular flexibility index (Phi) is 8.48. The van der Waals surface area contributed by atoms with Gasteiger partial charge in [0.05, 0.1) is 5.56 Å². The van der Waals surface area contributed by atoms with Crippen LogP contribution >= 0.6 is 0 Å². The lowest BCUT2D eigenvalue weighted by Gasteiger charge is -2.40. The van der Waals surface area contributed by atoms with E-state index >= 15 is 0 Å². The highest BCUT2D eigenvalue weighted by Gasteiger charge is 2.29. The summed E-state index contributed by atoms with van der Waals surface area (Å²) in [5.74, 6) is 0.161. The van der Waals surface area contributed by atoms with Crippen molar-refractivity contribution in [3.63, 3.8) is 0 Å². The zero-order valence-electron chi connectivity index (χ0n) is 20.2. The number of hydrogen-bond acceptors (Lipinski definition) is 4. The Morgan fingerprint density at radius 2 is 1.55 bits per heavy atom. The first kappa shape index (κ1) is 23.9. The standard InChI is InChI=1S/C26H41N5O2/c1-2-27-26(33)28-21-13-15-30(16-14-21)24-12-8-7-11-23(24)25(32)31-19-17-29(18-20-31)22-9-5-3-4-6-10-22/h7-8,11-12,21-22H,2-6,9-10,13-20H2,1H3,(H2,27,28,33). The molecular weight excluding hydrogens is 414 g/mol. The predicted octanol–water partition coefficient (Wildman–Crippen LogP) is 3.46. The second-order valence-corrected chi connectivity index (χ2v) is 9.76. The molecular formula is C26H41N5O2. The molecule has 0 aromatic heterocycles. The van der Waals surface area contributed by atoms with Crippen LogP contribution in [0.4, 0.5) is 10.5 Å². The summed E-state index contributed by atoms with van der Waals surface area (Å²) in [4.78, 5) is 32.3. The van der Waals surface area contributed by atoms with Gasteiger partial charge in [-0.1, -0.05) is 37.8 Å². The van der Waals surface area contributed by atoms with Crippen molar-refractivity contribution in [2.24, 2.45) is 0 Å². The predicted molar refractivity (Wildman–Crippen MR) is 133 cm³/mol. The van der Waals surface area contributed by atoms with Gasteiger partial charge in [0.1, 0.15) is 0 Å². The van der Waals surface area contributed by atoms with Crippen LogP contribution in [0.15, 0.2) is 24.3 Å². The van der Waals surface area contributed by atoms with Crippen LogP contribution in [0.3, 0.4) is 0 Å². The second-order valence-electron chi connectivity index (χ2n) is 9.76. The summed E-state index contributed by atoms with van der Waals surface area (Å²) in [5, 5.41) is 5.87. The second kappa shape index (κ2) is 11.7. The van der Waals surface area contributed by atoms with Crippen LogP contribution in [-0.4, -0.2) is 79.6 Å². The molecule has 4 rings (SSSR count). The van der Waals surface area contributed by atoms with Gasteiger partial charge in [0, 0.05) is 63.6 Å². The summed E-state index contributed by atoms with van der Waals surface area (Å²) in [7, 11) is 0. The largest absolute Gasteiger partial charge is 0.371 e. The maximum Gasteiger partial charge on any atom is 0.314 e. The Balaban J connectivity index is 1.33. The van der Waals surface area contributed by atoms with E-state index < -0.39 is 0 Å². The van der Waals surface area contributed by atoms with Crippen molar-refractivity contribution in [2.45, 2.75) is 70.4 Å². The van der Waals surface area contributed by atoms with Crippen LogP contribution in [0.5, 0.6) is 0 Å². The number of urea groups is 1. The number of amides is 3. The van der Waals surface area contributed by atoms with E-state index in [4.69, 9.17) is 0 Å². The number of nitrogens with one attached hydrogen (secondary N) is 2. The van der Waals surface area contributed by atoms with Crippen LogP contribution in [-0.2, 0) is 0 Å². The molecule has 0 spiro atoms. The van der Waals surface area contributed by atoms with Crippen LogP contribution in [0, 0.1) is 0 Å². The first-order chi connectivity index (χ1) is 16.2. The molecule has 1 saturated carbocycles. The maximum atomic E-state index is 13.5. The highest BCUT2D eigenvalue weighted by molar-refractivity contribution is 6.00. The summed E-state index contributed by atoms with van der Waals surface area (Å²) >= 11 is 0. The molecule has 0 radical (unpaired) electrons. The number of anilines is 1. The van der Waals surface area contributed by atoms with Gasteiger partial charge in [0.25, 0.3) is 5.91 Å². The van der Waals surface area contributed by atoms with Crippen LogP contribution < -0.4 is 15.5 Å². The number of rotatable bonds is 5. The Morgan fingerprint density at radius 1 is 0.879 bits per heavy atom. The lowest BCUT2D eigenvalue weighted by Crippen LogP contribution is -2.52. The van der Waals surface area contributed by atoms with Gasteiger partial charge < -0.3 is 20.4 Å². The molecule has 33 heavy (non-hydrogen) atoms. The number of piperazine rings is 1. The SMILES string of the molecule is CCNC(=O)NC1CCN(c2ccccc2C(=O)N2CCN(C3CCCCCC3)CC2)CC1. The maximum absolute atomic E-state index is 13.5. The third-order valence-corrected chi connectivity index (χ3v) is 7.59. The van der Waals surface area contributed by atoms with Crippen LogP contribution in [0.25, 0.3) is 0 Å². The third-order valence-electron chi connectivity index (χ3n) is 7.59. The first-order valence-corrected chi connectivity index (χ1v) is 13.1. The van der Waals surface area contributed by atoms with Gasteiger partial charge in [-0.25, -0.2) is 4.79 Å². The van der Waals surface area contributed by atoms with E-state index in [-0.39, 0.29) is 18.0 Å². The van der Waals surface area contributed by atoms with Crippen LogP contribution in [0.2, 0.25) is 0 Å². The van der Waals surface area contributed by atoms with E-state index in [2.05, 4.69) is 31.4 Å². The number of para-hydroxylation sites is 1. The molecule has 3 aliphatic rings.